The summed E-state index contributed by atoms with van der Waals surface area (Å²) in [5.74, 6) is -1.36. The Morgan fingerprint density at radius 1 is 0.761 bits per heavy atom. The van der Waals surface area contributed by atoms with Crippen LogP contribution in [-0.2, 0) is 23.9 Å². The lowest BCUT2D eigenvalue weighted by atomic mass is 9.90. The number of hydrogen-bond acceptors (Lipinski definition) is 8. The molecular weight excluding hydrogens is 584 g/mol. The van der Waals surface area contributed by atoms with Gasteiger partial charge in [0.15, 0.2) is 0 Å². The van der Waals surface area contributed by atoms with Crippen molar-refractivity contribution in [3.63, 3.8) is 0 Å². The number of aliphatic hydroxyl groups excluding tert-OH is 3. The molecule has 1 rings (SSSR count). The van der Waals surface area contributed by atoms with Crippen molar-refractivity contribution in [1.29, 1.82) is 0 Å². The number of carbonyl (C=O) groups is 3. The molecule has 1 aliphatic carbocycles. The third-order valence-corrected chi connectivity index (χ3v) is 8.82. The van der Waals surface area contributed by atoms with Crippen LogP contribution in [0, 0.1) is 11.8 Å². The number of unbranched alkanes of at least 4 members (excludes halogenated alkanes) is 14. The smallest absolute Gasteiger partial charge is 0.305 e. The van der Waals surface area contributed by atoms with Gasteiger partial charge in [-0.1, -0.05) is 128 Å². The standard InChI is InChI=1S/C38H66O8/c1-3-5-7-8-9-10-11-12-13-14-15-20-24-37(43)45-29-32(40)30-46-38(44)25-21-17-16-19-23-33-34(36(42)28-35(33)41)27-26-31(39)22-18-6-4-2/h16,19,26-27,31-35,39-41H,3-15,17-18,20-25,28-30H2,1-2H3/b19-16-,27-26+/t31-,32+,33+,34+,35-/m0/s1. The van der Waals surface area contributed by atoms with Crippen molar-refractivity contribution >= 4 is 17.7 Å². The number of allylic oxidation sites excluding steroid dienone is 3. The molecule has 5 atom stereocenters. The Labute approximate surface area is 279 Å². The lowest BCUT2D eigenvalue weighted by Crippen LogP contribution is -2.25. The van der Waals surface area contributed by atoms with Crippen molar-refractivity contribution < 1.29 is 39.2 Å². The Bertz CT molecular complexity index is 854. The van der Waals surface area contributed by atoms with E-state index in [9.17, 15) is 29.7 Å². The largest absolute Gasteiger partial charge is 0.463 e. The van der Waals surface area contributed by atoms with Gasteiger partial charge in [-0.25, -0.2) is 0 Å². The van der Waals surface area contributed by atoms with Crippen molar-refractivity contribution in [2.45, 2.75) is 173 Å². The maximum Gasteiger partial charge on any atom is 0.305 e. The molecule has 0 radical (unpaired) electrons. The molecule has 0 saturated heterocycles. The Morgan fingerprint density at radius 2 is 1.28 bits per heavy atom. The number of hydrogen-bond donors (Lipinski definition) is 3. The first-order valence-corrected chi connectivity index (χ1v) is 18.5. The number of ether oxygens (including phenoxy) is 2. The molecule has 0 aromatic carbocycles. The second-order valence-electron chi connectivity index (χ2n) is 13.1. The topological polar surface area (TPSA) is 130 Å². The fourth-order valence-electron chi connectivity index (χ4n) is 5.89. The lowest BCUT2D eigenvalue weighted by molar-refractivity contribution is -0.152. The van der Waals surface area contributed by atoms with E-state index >= 15 is 0 Å². The van der Waals surface area contributed by atoms with E-state index in [2.05, 4.69) is 13.8 Å². The highest BCUT2D eigenvalue weighted by Gasteiger charge is 2.39. The highest BCUT2D eigenvalue weighted by molar-refractivity contribution is 5.86. The van der Waals surface area contributed by atoms with Gasteiger partial charge in [-0.2, -0.15) is 0 Å². The van der Waals surface area contributed by atoms with Crippen LogP contribution < -0.4 is 0 Å². The van der Waals surface area contributed by atoms with Crippen LogP contribution in [0.3, 0.4) is 0 Å². The van der Waals surface area contributed by atoms with Crippen LogP contribution in [0.2, 0.25) is 0 Å². The number of ketones is 1. The van der Waals surface area contributed by atoms with E-state index in [1.807, 2.05) is 12.2 Å². The predicted octanol–water partition coefficient (Wildman–Crippen LogP) is 7.71. The molecule has 266 valence electrons. The number of aliphatic hydroxyl groups is 3. The molecule has 1 fully saturated rings. The minimum atomic E-state index is -1.05. The highest BCUT2D eigenvalue weighted by Crippen LogP contribution is 2.33. The summed E-state index contributed by atoms with van der Waals surface area (Å²) >= 11 is 0. The van der Waals surface area contributed by atoms with Crippen molar-refractivity contribution in [3.05, 3.63) is 24.3 Å². The summed E-state index contributed by atoms with van der Waals surface area (Å²) in [6.45, 7) is 3.96. The van der Waals surface area contributed by atoms with Crippen LogP contribution in [0.15, 0.2) is 24.3 Å². The van der Waals surface area contributed by atoms with E-state index in [4.69, 9.17) is 9.47 Å². The van der Waals surface area contributed by atoms with E-state index in [0.717, 1.165) is 38.5 Å². The molecule has 0 bridgehead atoms. The summed E-state index contributed by atoms with van der Waals surface area (Å²) in [6, 6.07) is 0. The molecule has 0 heterocycles. The van der Waals surface area contributed by atoms with Crippen LogP contribution in [0.5, 0.6) is 0 Å². The third kappa shape index (κ3) is 21.7. The van der Waals surface area contributed by atoms with Crippen LogP contribution in [0.25, 0.3) is 0 Å². The molecule has 0 amide bonds. The Kier molecular flexibility index (Phi) is 25.6. The van der Waals surface area contributed by atoms with Crippen LogP contribution in [-0.4, -0.2) is 64.6 Å². The van der Waals surface area contributed by atoms with Crippen molar-refractivity contribution in [2.75, 3.05) is 13.2 Å². The van der Waals surface area contributed by atoms with Crippen LogP contribution >= 0.6 is 0 Å². The molecule has 8 nitrogen and oxygen atoms in total. The van der Waals surface area contributed by atoms with E-state index in [-0.39, 0.29) is 43.7 Å². The van der Waals surface area contributed by atoms with E-state index in [0.29, 0.717) is 32.1 Å². The first kappa shape index (κ1) is 42.0. The highest BCUT2D eigenvalue weighted by atomic mass is 16.6. The van der Waals surface area contributed by atoms with Gasteiger partial charge in [-0.05, 0) is 32.1 Å². The Balaban J connectivity index is 2.09. The first-order chi connectivity index (χ1) is 22.3. The molecule has 0 spiro atoms. The van der Waals surface area contributed by atoms with Crippen LogP contribution in [0.4, 0.5) is 0 Å². The summed E-state index contributed by atoms with van der Waals surface area (Å²) in [5.41, 5.74) is 0. The molecule has 1 saturated carbocycles. The zero-order chi connectivity index (χ0) is 33.8. The zero-order valence-corrected chi connectivity index (χ0v) is 29.0. The summed E-state index contributed by atoms with van der Waals surface area (Å²) in [6.07, 6.45) is 25.9. The first-order valence-electron chi connectivity index (χ1n) is 18.5. The van der Waals surface area contributed by atoms with Gasteiger partial charge in [0, 0.05) is 31.1 Å². The van der Waals surface area contributed by atoms with Gasteiger partial charge in [0.1, 0.15) is 25.1 Å². The van der Waals surface area contributed by atoms with Crippen molar-refractivity contribution in [2.24, 2.45) is 11.8 Å². The molecular formula is C38H66O8. The quantitative estimate of drug-likeness (QED) is 0.0426. The monoisotopic (exact) mass is 650 g/mol. The minimum Gasteiger partial charge on any atom is -0.463 e. The van der Waals surface area contributed by atoms with Gasteiger partial charge in [-0.3, -0.25) is 14.4 Å². The fraction of sp³-hybridized carbons (Fsp3) is 0.816. The van der Waals surface area contributed by atoms with Crippen molar-refractivity contribution in [1.82, 2.24) is 0 Å². The van der Waals surface area contributed by atoms with Gasteiger partial charge in [0.2, 0.25) is 0 Å². The summed E-state index contributed by atoms with van der Waals surface area (Å²) < 4.78 is 10.2. The predicted molar refractivity (Wildman–Crippen MR) is 183 cm³/mol. The molecule has 0 aliphatic heterocycles. The van der Waals surface area contributed by atoms with Crippen molar-refractivity contribution in [3.8, 4) is 0 Å². The maximum atomic E-state index is 12.4. The second kappa shape index (κ2) is 28.0. The molecule has 0 unspecified atom stereocenters. The fourth-order valence-corrected chi connectivity index (χ4v) is 5.89. The molecule has 0 aromatic rings. The van der Waals surface area contributed by atoms with Gasteiger partial charge >= 0.3 is 11.9 Å². The minimum absolute atomic E-state index is 0.00203. The Hall–Kier alpha value is -2.03. The molecule has 8 heteroatoms. The van der Waals surface area contributed by atoms with Gasteiger partial charge < -0.3 is 24.8 Å². The number of carbonyl (C=O) groups excluding carboxylic acids is 3. The SMILES string of the molecule is CCCCCCCCCCCCCCC(=O)OC[C@@H](O)COC(=O)CCC/C=C\C[C@H]1[C@@H](O)CC(=O)[C@@H]1/C=C/[C@@H](O)CCCCC. The molecule has 0 aromatic heterocycles. The third-order valence-electron chi connectivity index (χ3n) is 8.82. The number of esters is 2. The second-order valence-corrected chi connectivity index (χ2v) is 13.1. The summed E-state index contributed by atoms with van der Waals surface area (Å²) in [5, 5.41) is 30.5. The van der Waals surface area contributed by atoms with E-state index in [1.54, 1.807) is 12.2 Å². The summed E-state index contributed by atoms with van der Waals surface area (Å²) in [4.78, 5) is 36.4. The van der Waals surface area contributed by atoms with E-state index in [1.165, 1.54) is 57.8 Å². The average molecular weight is 651 g/mol. The lowest BCUT2D eigenvalue weighted by Gasteiger charge is -2.17. The zero-order valence-electron chi connectivity index (χ0n) is 29.0. The molecule has 3 N–H and O–H groups in total. The average Bonchev–Trinajstić information content (AvgIpc) is 3.31. The van der Waals surface area contributed by atoms with Gasteiger partial charge in [0.25, 0.3) is 0 Å². The number of rotatable bonds is 29. The maximum absolute atomic E-state index is 12.4. The van der Waals surface area contributed by atoms with Gasteiger partial charge in [0.05, 0.1) is 12.2 Å². The normalized spacial score (nSPS) is 19.7. The van der Waals surface area contributed by atoms with E-state index < -0.39 is 30.2 Å². The Morgan fingerprint density at radius 3 is 1.87 bits per heavy atom. The summed E-state index contributed by atoms with van der Waals surface area (Å²) in [7, 11) is 0. The van der Waals surface area contributed by atoms with Gasteiger partial charge in [-0.15, -0.1) is 0 Å². The number of Topliss-reactive ketones (excluding diaryl/α,β-unsaturated/α-hetero) is 1. The van der Waals surface area contributed by atoms with Crippen LogP contribution in [0.1, 0.15) is 155 Å². The molecule has 1 aliphatic rings. The molecule has 46 heavy (non-hydrogen) atoms.